The van der Waals surface area contributed by atoms with Crippen molar-refractivity contribution in [3.05, 3.63) is 102 Å². The maximum atomic E-state index is 14.9. The molecule has 5 rings (SSSR count). The van der Waals surface area contributed by atoms with Crippen LogP contribution in [0.3, 0.4) is 0 Å². The van der Waals surface area contributed by atoms with E-state index in [4.69, 9.17) is 9.47 Å². The Morgan fingerprint density at radius 1 is 0.821 bits per heavy atom. The van der Waals surface area contributed by atoms with E-state index in [0.717, 1.165) is 55.1 Å². The van der Waals surface area contributed by atoms with E-state index < -0.39 is 11.6 Å². The number of aromatic nitrogens is 3. The first-order valence-electron chi connectivity index (χ1n) is 13.3. The van der Waals surface area contributed by atoms with Gasteiger partial charge in [0, 0.05) is 37.2 Å². The lowest BCUT2D eigenvalue weighted by molar-refractivity contribution is 0.104. The van der Waals surface area contributed by atoms with Gasteiger partial charge in [0.1, 0.15) is 0 Å². The van der Waals surface area contributed by atoms with Gasteiger partial charge in [0.05, 0.1) is 25.5 Å². The summed E-state index contributed by atoms with van der Waals surface area (Å²) in [6.07, 6.45) is 7.91. The molecule has 0 bridgehead atoms. The van der Waals surface area contributed by atoms with Gasteiger partial charge in [-0.2, -0.15) is 0 Å². The van der Waals surface area contributed by atoms with Crippen LogP contribution in [0.5, 0.6) is 5.75 Å². The summed E-state index contributed by atoms with van der Waals surface area (Å²) in [6, 6.07) is 16.1. The summed E-state index contributed by atoms with van der Waals surface area (Å²) in [5.74, 6) is -0.847. The Balaban J connectivity index is 1.12. The third kappa shape index (κ3) is 6.95. The monoisotopic (exact) mass is 530 g/mol. The summed E-state index contributed by atoms with van der Waals surface area (Å²) < 4.78 is 41.1. The number of pyridine rings is 1. The predicted octanol–water partition coefficient (Wildman–Crippen LogP) is 6.39. The van der Waals surface area contributed by atoms with E-state index in [2.05, 4.69) is 26.8 Å². The molecule has 2 aromatic heterocycles. The van der Waals surface area contributed by atoms with Crippen LogP contribution in [-0.2, 0) is 24.4 Å². The largest absolute Gasteiger partial charge is 0.487 e. The zero-order valence-corrected chi connectivity index (χ0v) is 22.0. The molecular weight excluding hydrogens is 498 g/mol. The fraction of sp³-hybridized carbons (Fsp3) is 0.323. The van der Waals surface area contributed by atoms with E-state index in [-0.39, 0.29) is 18.3 Å². The molecule has 1 aliphatic rings. The van der Waals surface area contributed by atoms with Crippen molar-refractivity contribution >= 4 is 5.95 Å². The summed E-state index contributed by atoms with van der Waals surface area (Å²) in [6.45, 7) is 4.73. The van der Waals surface area contributed by atoms with Crippen LogP contribution in [0.1, 0.15) is 36.6 Å². The summed E-state index contributed by atoms with van der Waals surface area (Å²) in [4.78, 5) is 15.4. The number of aryl methyl sites for hydroxylation is 1. The molecule has 0 aliphatic carbocycles. The second-order valence-electron chi connectivity index (χ2n) is 9.77. The van der Waals surface area contributed by atoms with Crippen molar-refractivity contribution in [2.45, 2.75) is 39.4 Å². The molecule has 0 N–H and O–H groups in total. The van der Waals surface area contributed by atoms with Gasteiger partial charge >= 0.3 is 0 Å². The molecule has 1 fully saturated rings. The number of benzene rings is 2. The normalized spacial score (nSPS) is 14.0. The van der Waals surface area contributed by atoms with Gasteiger partial charge in [-0.1, -0.05) is 43.3 Å². The first-order chi connectivity index (χ1) is 19.1. The molecule has 0 radical (unpaired) electrons. The molecule has 1 saturated heterocycles. The maximum Gasteiger partial charge on any atom is 0.225 e. The number of nitrogens with zero attached hydrogens (tertiary/aromatic N) is 4. The fourth-order valence-electron chi connectivity index (χ4n) is 4.59. The highest BCUT2D eigenvalue weighted by Crippen LogP contribution is 2.30. The van der Waals surface area contributed by atoms with Crippen LogP contribution in [0.25, 0.3) is 11.1 Å². The lowest BCUT2D eigenvalue weighted by atomic mass is 9.98. The number of anilines is 1. The average molecular weight is 531 g/mol. The third-order valence-corrected chi connectivity index (χ3v) is 6.98. The van der Waals surface area contributed by atoms with E-state index in [0.29, 0.717) is 24.3 Å². The minimum Gasteiger partial charge on any atom is -0.487 e. The number of hydrogen-bond acceptors (Lipinski definition) is 6. The molecule has 6 nitrogen and oxygen atoms in total. The standard InChI is InChI=1S/C31H32F2N4O2/c1-2-22-16-35-31(36-17-22)37-12-10-24(11-13-37)20-39-30-28(32)14-26(15-29(30)33)25-8-9-27(34-18-25)21-38-19-23-6-4-3-5-7-23/h3-9,14-18,24H,2,10-13,19-21H2,1H3. The number of halogens is 2. The average Bonchev–Trinajstić information content (AvgIpc) is 2.98. The lowest BCUT2D eigenvalue weighted by Gasteiger charge is -2.31. The van der Waals surface area contributed by atoms with Gasteiger partial charge in [-0.3, -0.25) is 4.98 Å². The molecule has 202 valence electrons. The van der Waals surface area contributed by atoms with Crippen LogP contribution in [0, 0.1) is 17.6 Å². The minimum absolute atomic E-state index is 0.204. The summed E-state index contributed by atoms with van der Waals surface area (Å²) >= 11 is 0. The van der Waals surface area contributed by atoms with Crippen LogP contribution in [-0.4, -0.2) is 34.6 Å². The van der Waals surface area contributed by atoms with E-state index in [1.807, 2.05) is 42.7 Å². The molecule has 1 aliphatic heterocycles. The number of rotatable bonds is 10. The molecular formula is C31H32F2N4O2. The van der Waals surface area contributed by atoms with Gasteiger partial charge in [0.15, 0.2) is 17.4 Å². The summed E-state index contributed by atoms with van der Waals surface area (Å²) in [5, 5.41) is 0. The van der Waals surface area contributed by atoms with Gasteiger partial charge in [0.2, 0.25) is 5.95 Å². The van der Waals surface area contributed by atoms with Crippen molar-refractivity contribution in [3.63, 3.8) is 0 Å². The molecule has 39 heavy (non-hydrogen) atoms. The zero-order chi connectivity index (χ0) is 27.0. The molecule has 2 aromatic carbocycles. The molecule has 0 saturated carbocycles. The van der Waals surface area contributed by atoms with Gasteiger partial charge < -0.3 is 14.4 Å². The fourth-order valence-corrected chi connectivity index (χ4v) is 4.59. The molecule has 8 heteroatoms. The highest BCUT2D eigenvalue weighted by Gasteiger charge is 2.23. The SMILES string of the molecule is CCc1cnc(N2CCC(COc3c(F)cc(-c4ccc(COCc5ccccc5)nc4)cc3F)CC2)nc1. The smallest absolute Gasteiger partial charge is 0.225 e. The Kier molecular flexibility index (Phi) is 8.73. The molecule has 0 spiro atoms. The minimum atomic E-state index is -0.720. The second kappa shape index (κ2) is 12.8. The summed E-state index contributed by atoms with van der Waals surface area (Å²) in [5.41, 5.74) is 3.96. The molecule has 0 amide bonds. The van der Waals surface area contributed by atoms with E-state index in [1.165, 1.54) is 12.1 Å². The van der Waals surface area contributed by atoms with Crippen molar-refractivity contribution < 1.29 is 18.3 Å². The second-order valence-corrected chi connectivity index (χ2v) is 9.77. The molecule has 0 unspecified atom stereocenters. The van der Waals surface area contributed by atoms with Gasteiger partial charge in [-0.25, -0.2) is 18.7 Å². The Morgan fingerprint density at radius 3 is 2.18 bits per heavy atom. The van der Waals surface area contributed by atoms with Crippen molar-refractivity contribution in [1.29, 1.82) is 0 Å². The highest BCUT2D eigenvalue weighted by molar-refractivity contribution is 5.64. The molecule has 4 aromatic rings. The first kappa shape index (κ1) is 26.7. The Hall–Kier alpha value is -3.91. The van der Waals surface area contributed by atoms with Crippen LogP contribution < -0.4 is 9.64 Å². The lowest BCUT2D eigenvalue weighted by Crippen LogP contribution is -2.36. The van der Waals surface area contributed by atoms with Crippen LogP contribution in [0.2, 0.25) is 0 Å². The maximum absolute atomic E-state index is 14.9. The van der Waals surface area contributed by atoms with E-state index >= 15 is 0 Å². The van der Waals surface area contributed by atoms with Crippen molar-refractivity contribution in [2.24, 2.45) is 5.92 Å². The Labute approximate surface area is 227 Å². The first-order valence-corrected chi connectivity index (χ1v) is 13.3. The van der Waals surface area contributed by atoms with Crippen LogP contribution in [0.4, 0.5) is 14.7 Å². The molecule has 0 atom stereocenters. The Bertz CT molecular complexity index is 1320. The number of hydrogen-bond donors (Lipinski definition) is 0. The summed E-state index contributed by atoms with van der Waals surface area (Å²) in [7, 11) is 0. The highest BCUT2D eigenvalue weighted by atomic mass is 19.1. The van der Waals surface area contributed by atoms with Crippen molar-refractivity contribution in [2.75, 3.05) is 24.6 Å². The molecule has 3 heterocycles. The number of piperidine rings is 1. The Morgan fingerprint density at radius 2 is 1.54 bits per heavy atom. The van der Waals surface area contributed by atoms with Crippen LogP contribution in [0.15, 0.2) is 73.2 Å². The van der Waals surface area contributed by atoms with E-state index in [1.54, 1.807) is 18.3 Å². The van der Waals surface area contributed by atoms with Gasteiger partial charge in [0.25, 0.3) is 0 Å². The van der Waals surface area contributed by atoms with Gasteiger partial charge in [-0.05, 0) is 60.1 Å². The van der Waals surface area contributed by atoms with Crippen molar-refractivity contribution in [1.82, 2.24) is 15.0 Å². The van der Waals surface area contributed by atoms with Crippen LogP contribution >= 0.6 is 0 Å². The topological polar surface area (TPSA) is 60.4 Å². The third-order valence-electron chi connectivity index (χ3n) is 6.98. The predicted molar refractivity (Wildman–Crippen MR) is 146 cm³/mol. The zero-order valence-electron chi connectivity index (χ0n) is 22.0. The quantitative estimate of drug-likeness (QED) is 0.237. The van der Waals surface area contributed by atoms with E-state index in [9.17, 15) is 8.78 Å². The van der Waals surface area contributed by atoms with Crippen molar-refractivity contribution in [3.8, 4) is 16.9 Å². The van der Waals surface area contributed by atoms with Gasteiger partial charge in [-0.15, -0.1) is 0 Å². The number of ether oxygens (including phenoxy) is 2.